The molecule has 0 aromatic carbocycles. The van der Waals surface area contributed by atoms with Gasteiger partial charge in [-0.3, -0.25) is 0 Å². The van der Waals surface area contributed by atoms with Gasteiger partial charge in [-0.15, -0.1) is 0 Å². The maximum Gasteiger partial charge on any atom is 0.242 e. The number of hydrogen-bond donors (Lipinski definition) is 2. The molecule has 0 amide bonds. The maximum atomic E-state index is 6.03. The highest BCUT2D eigenvalue weighted by molar-refractivity contribution is 5.66. The topological polar surface area (TPSA) is 82.3 Å². The number of rotatable bonds is 7. The second-order valence-electron chi connectivity index (χ2n) is 5.04. The van der Waals surface area contributed by atoms with Crippen LogP contribution in [0.3, 0.4) is 0 Å². The van der Waals surface area contributed by atoms with E-state index >= 15 is 0 Å². The highest BCUT2D eigenvalue weighted by Gasteiger charge is 2.26. The van der Waals surface area contributed by atoms with E-state index in [9.17, 15) is 0 Å². The third-order valence-corrected chi connectivity index (χ3v) is 3.57. The lowest BCUT2D eigenvalue weighted by Gasteiger charge is -2.18. The molecule has 1 saturated heterocycles. The number of aromatic nitrogens is 2. The van der Waals surface area contributed by atoms with Gasteiger partial charge in [0.1, 0.15) is 12.0 Å². The number of hydrogen-bond acceptors (Lipinski definition) is 6. The van der Waals surface area contributed by atoms with Gasteiger partial charge in [0.15, 0.2) is 5.82 Å². The van der Waals surface area contributed by atoms with Crippen molar-refractivity contribution in [2.24, 2.45) is 5.92 Å². The summed E-state index contributed by atoms with van der Waals surface area (Å²) in [6.45, 7) is 6.46. The van der Waals surface area contributed by atoms with Gasteiger partial charge in [-0.2, -0.15) is 4.98 Å². The maximum absolute atomic E-state index is 6.03. The van der Waals surface area contributed by atoms with Crippen LogP contribution in [-0.4, -0.2) is 35.8 Å². The standard InChI is InChI=1S/C14H24N4O2/c1-3-6-20-14-12(15)13(17-9-18-14)16-8-10-5-7-19-11(10)4-2/h9-11H,3-8,15H2,1-2H3,(H,16,17,18). The fraction of sp³-hybridized carbons (Fsp3) is 0.714. The van der Waals surface area contributed by atoms with E-state index in [0.29, 0.717) is 36.0 Å². The minimum atomic E-state index is 0.335. The van der Waals surface area contributed by atoms with Crippen LogP contribution < -0.4 is 15.8 Å². The van der Waals surface area contributed by atoms with Gasteiger partial charge >= 0.3 is 0 Å². The van der Waals surface area contributed by atoms with Crippen molar-refractivity contribution in [2.75, 3.05) is 30.8 Å². The van der Waals surface area contributed by atoms with E-state index in [2.05, 4.69) is 22.2 Å². The molecule has 112 valence electrons. The molecule has 0 radical (unpaired) electrons. The SMILES string of the molecule is CCCOc1ncnc(NCC2CCOC2CC)c1N. The minimum absolute atomic E-state index is 0.335. The average Bonchev–Trinajstić information content (AvgIpc) is 2.92. The summed E-state index contributed by atoms with van der Waals surface area (Å²) in [7, 11) is 0. The van der Waals surface area contributed by atoms with Gasteiger partial charge in [0.2, 0.25) is 5.88 Å². The molecule has 2 unspecified atom stereocenters. The van der Waals surface area contributed by atoms with E-state index in [0.717, 1.165) is 32.4 Å². The molecule has 2 rings (SSSR count). The summed E-state index contributed by atoms with van der Waals surface area (Å²) in [6, 6.07) is 0. The molecule has 1 aromatic heterocycles. The molecule has 0 bridgehead atoms. The summed E-state index contributed by atoms with van der Waals surface area (Å²) in [4.78, 5) is 8.26. The average molecular weight is 280 g/mol. The van der Waals surface area contributed by atoms with Crippen LogP contribution in [0.2, 0.25) is 0 Å². The molecule has 1 fully saturated rings. The molecule has 0 aliphatic carbocycles. The summed E-state index contributed by atoms with van der Waals surface area (Å²) in [5.74, 6) is 1.61. The summed E-state index contributed by atoms with van der Waals surface area (Å²) >= 11 is 0. The Labute approximate surface area is 120 Å². The highest BCUT2D eigenvalue weighted by atomic mass is 16.5. The highest BCUT2D eigenvalue weighted by Crippen LogP contribution is 2.27. The van der Waals surface area contributed by atoms with E-state index in [-0.39, 0.29) is 0 Å². The van der Waals surface area contributed by atoms with E-state index in [1.165, 1.54) is 6.33 Å². The Hall–Kier alpha value is -1.56. The van der Waals surface area contributed by atoms with Crippen molar-refractivity contribution in [1.82, 2.24) is 9.97 Å². The van der Waals surface area contributed by atoms with E-state index in [1.807, 2.05) is 6.92 Å². The molecule has 2 heterocycles. The lowest BCUT2D eigenvalue weighted by atomic mass is 10.00. The Balaban J connectivity index is 1.95. The number of nitrogen functional groups attached to an aromatic ring is 1. The van der Waals surface area contributed by atoms with Gasteiger partial charge in [0.25, 0.3) is 0 Å². The van der Waals surface area contributed by atoms with Crippen LogP contribution >= 0.6 is 0 Å². The fourth-order valence-corrected chi connectivity index (χ4v) is 2.44. The second-order valence-corrected chi connectivity index (χ2v) is 5.04. The van der Waals surface area contributed by atoms with E-state index < -0.39 is 0 Å². The first-order valence-corrected chi connectivity index (χ1v) is 7.35. The number of nitrogens with one attached hydrogen (secondary N) is 1. The van der Waals surface area contributed by atoms with Gasteiger partial charge in [-0.1, -0.05) is 13.8 Å². The van der Waals surface area contributed by atoms with Gasteiger partial charge in [-0.05, 0) is 19.3 Å². The normalized spacial score (nSPS) is 21.9. The predicted octanol–water partition coefficient (Wildman–Crippen LogP) is 2.07. The van der Waals surface area contributed by atoms with Crippen molar-refractivity contribution in [3.05, 3.63) is 6.33 Å². The van der Waals surface area contributed by atoms with Crippen LogP contribution in [0.15, 0.2) is 6.33 Å². The number of anilines is 2. The Morgan fingerprint density at radius 3 is 3.05 bits per heavy atom. The van der Waals surface area contributed by atoms with Crippen LogP contribution in [0.1, 0.15) is 33.1 Å². The molecule has 2 atom stereocenters. The zero-order valence-electron chi connectivity index (χ0n) is 12.3. The lowest BCUT2D eigenvalue weighted by molar-refractivity contribution is 0.0900. The third-order valence-electron chi connectivity index (χ3n) is 3.57. The van der Waals surface area contributed by atoms with Crippen molar-refractivity contribution in [3.63, 3.8) is 0 Å². The molecule has 1 aliphatic heterocycles. The van der Waals surface area contributed by atoms with Crippen LogP contribution in [-0.2, 0) is 4.74 Å². The van der Waals surface area contributed by atoms with Crippen molar-refractivity contribution >= 4 is 11.5 Å². The Bertz CT molecular complexity index is 428. The van der Waals surface area contributed by atoms with Gasteiger partial charge < -0.3 is 20.5 Å². The molecule has 3 N–H and O–H groups in total. The second kappa shape index (κ2) is 7.28. The molecular weight excluding hydrogens is 256 g/mol. The molecule has 6 heteroatoms. The summed E-state index contributed by atoms with van der Waals surface area (Å²) < 4.78 is 11.2. The smallest absolute Gasteiger partial charge is 0.242 e. The molecule has 0 spiro atoms. The lowest BCUT2D eigenvalue weighted by Crippen LogP contribution is -2.23. The first-order chi connectivity index (χ1) is 9.76. The van der Waals surface area contributed by atoms with Gasteiger partial charge in [-0.25, -0.2) is 4.98 Å². The predicted molar refractivity (Wildman–Crippen MR) is 78.9 cm³/mol. The number of nitrogens with two attached hydrogens (primary N) is 1. The Morgan fingerprint density at radius 2 is 2.30 bits per heavy atom. The first-order valence-electron chi connectivity index (χ1n) is 7.35. The summed E-state index contributed by atoms with van der Waals surface area (Å²) in [6.07, 6.45) is 4.85. The minimum Gasteiger partial charge on any atom is -0.476 e. The molecule has 1 aromatic rings. The van der Waals surface area contributed by atoms with Crippen molar-refractivity contribution in [1.29, 1.82) is 0 Å². The van der Waals surface area contributed by atoms with Crippen LogP contribution in [0.5, 0.6) is 5.88 Å². The number of nitrogens with zero attached hydrogens (tertiary/aromatic N) is 2. The molecule has 6 nitrogen and oxygen atoms in total. The molecule has 1 aliphatic rings. The van der Waals surface area contributed by atoms with E-state index in [1.54, 1.807) is 0 Å². The van der Waals surface area contributed by atoms with E-state index in [4.69, 9.17) is 15.2 Å². The number of ether oxygens (including phenoxy) is 2. The quantitative estimate of drug-likeness (QED) is 0.795. The fourth-order valence-electron chi connectivity index (χ4n) is 2.44. The zero-order valence-corrected chi connectivity index (χ0v) is 12.3. The van der Waals surface area contributed by atoms with Crippen LogP contribution in [0, 0.1) is 5.92 Å². The Kier molecular flexibility index (Phi) is 5.40. The zero-order chi connectivity index (χ0) is 14.4. The summed E-state index contributed by atoms with van der Waals surface area (Å²) in [5.41, 5.74) is 6.51. The molecule has 20 heavy (non-hydrogen) atoms. The first kappa shape index (κ1) is 14.8. The van der Waals surface area contributed by atoms with Crippen molar-refractivity contribution in [2.45, 2.75) is 39.2 Å². The van der Waals surface area contributed by atoms with Gasteiger partial charge in [0.05, 0.1) is 12.7 Å². The monoisotopic (exact) mass is 280 g/mol. The van der Waals surface area contributed by atoms with Crippen molar-refractivity contribution in [3.8, 4) is 5.88 Å². The third kappa shape index (κ3) is 3.50. The van der Waals surface area contributed by atoms with Crippen molar-refractivity contribution < 1.29 is 9.47 Å². The summed E-state index contributed by atoms with van der Waals surface area (Å²) in [5, 5.41) is 3.30. The van der Waals surface area contributed by atoms with Crippen LogP contribution in [0.4, 0.5) is 11.5 Å². The molecular formula is C14H24N4O2. The van der Waals surface area contributed by atoms with Gasteiger partial charge in [0, 0.05) is 19.1 Å². The Morgan fingerprint density at radius 1 is 1.45 bits per heavy atom. The molecule has 0 saturated carbocycles. The van der Waals surface area contributed by atoms with Crippen LogP contribution in [0.25, 0.3) is 0 Å². The largest absolute Gasteiger partial charge is 0.476 e.